The van der Waals surface area contributed by atoms with Crippen LogP contribution < -0.4 is 5.32 Å². The van der Waals surface area contributed by atoms with Gasteiger partial charge in [0, 0.05) is 5.02 Å². The Morgan fingerprint density at radius 2 is 2.12 bits per heavy atom. The lowest BCUT2D eigenvalue weighted by atomic mass is 10.1. The maximum absolute atomic E-state index is 11.4. The van der Waals surface area contributed by atoms with E-state index >= 15 is 0 Å². The summed E-state index contributed by atoms with van der Waals surface area (Å²) in [6.07, 6.45) is 0.441. The van der Waals surface area contributed by atoms with Gasteiger partial charge in [0.2, 0.25) is 5.91 Å². The summed E-state index contributed by atoms with van der Waals surface area (Å²) in [5.74, 6) is -0.0368. The second-order valence-electron chi connectivity index (χ2n) is 4.01. The Bertz CT molecular complexity index is 377. The third kappa shape index (κ3) is 2.74. The number of carbonyl (C=O) groups excluding carboxylic acids is 1. The van der Waals surface area contributed by atoms with E-state index in [1.165, 1.54) is 0 Å². The van der Waals surface area contributed by atoms with Crippen molar-refractivity contribution < 1.29 is 9.53 Å². The van der Waals surface area contributed by atoms with Gasteiger partial charge >= 0.3 is 0 Å². The quantitative estimate of drug-likeness (QED) is 0.855. The topological polar surface area (TPSA) is 38.3 Å². The van der Waals surface area contributed by atoms with Crippen LogP contribution in [0.5, 0.6) is 0 Å². The van der Waals surface area contributed by atoms with Gasteiger partial charge in [-0.25, -0.2) is 0 Å². The van der Waals surface area contributed by atoms with Crippen LogP contribution in [0.4, 0.5) is 0 Å². The molecule has 4 heteroatoms. The molecule has 2 atom stereocenters. The summed E-state index contributed by atoms with van der Waals surface area (Å²) < 4.78 is 5.36. The third-order valence-corrected chi connectivity index (χ3v) is 2.91. The zero-order chi connectivity index (χ0) is 11.5. The van der Waals surface area contributed by atoms with Crippen molar-refractivity contribution in [1.29, 1.82) is 0 Å². The van der Waals surface area contributed by atoms with Crippen LogP contribution in [0.25, 0.3) is 0 Å². The van der Waals surface area contributed by atoms with Crippen molar-refractivity contribution in [3.8, 4) is 0 Å². The number of carbonyl (C=O) groups is 1. The van der Waals surface area contributed by atoms with E-state index in [1.54, 1.807) is 6.92 Å². The van der Waals surface area contributed by atoms with Crippen LogP contribution in [0.2, 0.25) is 5.02 Å². The second kappa shape index (κ2) is 4.85. The molecule has 0 saturated carbocycles. The van der Waals surface area contributed by atoms with Crippen LogP contribution in [0.3, 0.4) is 0 Å². The first-order chi connectivity index (χ1) is 7.65. The summed E-state index contributed by atoms with van der Waals surface area (Å²) in [4.78, 5) is 11.4. The molecule has 1 aromatic rings. The van der Waals surface area contributed by atoms with Gasteiger partial charge in [-0.3, -0.25) is 4.79 Å². The van der Waals surface area contributed by atoms with Gasteiger partial charge < -0.3 is 10.1 Å². The highest BCUT2D eigenvalue weighted by Crippen LogP contribution is 2.13. The highest BCUT2D eigenvalue weighted by Gasteiger charge is 2.24. The number of amides is 1. The average Bonchev–Trinajstić information content (AvgIpc) is 2.27. The number of benzene rings is 1. The first kappa shape index (κ1) is 11.4. The van der Waals surface area contributed by atoms with Gasteiger partial charge in [-0.05, 0) is 31.0 Å². The molecule has 1 N–H and O–H groups in total. The lowest BCUT2D eigenvalue weighted by Gasteiger charge is -2.27. The minimum Gasteiger partial charge on any atom is -0.367 e. The molecule has 1 unspecified atom stereocenters. The first-order valence-corrected chi connectivity index (χ1v) is 5.69. The summed E-state index contributed by atoms with van der Waals surface area (Å²) >= 11 is 5.80. The molecule has 1 aromatic carbocycles. The second-order valence-corrected chi connectivity index (χ2v) is 4.45. The Kier molecular flexibility index (Phi) is 3.46. The Morgan fingerprint density at radius 3 is 2.75 bits per heavy atom. The average molecular weight is 240 g/mol. The zero-order valence-corrected chi connectivity index (χ0v) is 9.83. The molecule has 86 valence electrons. The number of nitrogens with one attached hydrogen (secondary N) is 1. The highest BCUT2D eigenvalue weighted by atomic mass is 35.5. The minimum absolute atomic E-state index is 0.0368. The summed E-state index contributed by atoms with van der Waals surface area (Å²) in [6.45, 7) is 2.32. The molecule has 0 radical (unpaired) electrons. The van der Waals surface area contributed by atoms with Crippen molar-refractivity contribution >= 4 is 17.5 Å². The lowest BCUT2D eigenvalue weighted by molar-refractivity contribution is -0.139. The maximum atomic E-state index is 11.4. The van der Waals surface area contributed by atoms with Crippen LogP contribution in [0.1, 0.15) is 12.5 Å². The number of morpholine rings is 1. The van der Waals surface area contributed by atoms with E-state index in [0.29, 0.717) is 6.61 Å². The van der Waals surface area contributed by atoms with Gasteiger partial charge in [0.1, 0.15) is 6.10 Å². The monoisotopic (exact) mass is 239 g/mol. The highest BCUT2D eigenvalue weighted by molar-refractivity contribution is 6.30. The molecule has 1 fully saturated rings. The molecule has 2 rings (SSSR count). The SMILES string of the molecule is CC1OC[C@@H](Cc2ccc(Cl)cc2)NC1=O. The van der Waals surface area contributed by atoms with Crippen molar-refractivity contribution in [2.45, 2.75) is 25.5 Å². The van der Waals surface area contributed by atoms with E-state index in [4.69, 9.17) is 16.3 Å². The van der Waals surface area contributed by atoms with Crippen LogP contribution >= 0.6 is 11.6 Å². The van der Waals surface area contributed by atoms with Gasteiger partial charge in [0.05, 0.1) is 12.6 Å². The number of hydrogen-bond acceptors (Lipinski definition) is 2. The molecule has 16 heavy (non-hydrogen) atoms. The fraction of sp³-hybridized carbons (Fsp3) is 0.417. The molecular formula is C12H14ClNO2. The van der Waals surface area contributed by atoms with Gasteiger partial charge in [0.15, 0.2) is 0 Å². The maximum Gasteiger partial charge on any atom is 0.249 e. The molecule has 1 saturated heterocycles. The normalized spacial score (nSPS) is 25.2. The van der Waals surface area contributed by atoms with E-state index in [0.717, 1.165) is 17.0 Å². The van der Waals surface area contributed by atoms with Crippen LogP contribution in [0.15, 0.2) is 24.3 Å². The molecule has 1 amide bonds. The van der Waals surface area contributed by atoms with E-state index in [2.05, 4.69) is 5.32 Å². The van der Waals surface area contributed by atoms with Gasteiger partial charge in [0.25, 0.3) is 0 Å². The molecule has 0 spiro atoms. The van der Waals surface area contributed by atoms with E-state index in [9.17, 15) is 4.79 Å². The number of hydrogen-bond donors (Lipinski definition) is 1. The zero-order valence-electron chi connectivity index (χ0n) is 9.07. The smallest absolute Gasteiger partial charge is 0.249 e. The fourth-order valence-electron chi connectivity index (χ4n) is 1.71. The standard InChI is InChI=1S/C12H14ClNO2/c1-8-12(15)14-11(7-16-8)6-9-2-4-10(13)5-3-9/h2-5,8,11H,6-7H2,1H3,(H,14,15)/t8?,11-/m1/s1. The Morgan fingerprint density at radius 1 is 1.44 bits per heavy atom. The summed E-state index contributed by atoms with van der Waals surface area (Å²) in [7, 11) is 0. The Labute approximate surface area is 99.7 Å². The third-order valence-electron chi connectivity index (χ3n) is 2.66. The molecular weight excluding hydrogens is 226 g/mol. The first-order valence-electron chi connectivity index (χ1n) is 5.31. The minimum atomic E-state index is -0.332. The number of ether oxygens (including phenoxy) is 1. The van der Waals surface area contributed by atoms with Crippen molar-refractivity contribution in [1.82, 2.24) is 5.32 Å². The summed E-state index contributed by atoms with van der Waals surface area (Å²) in [5.41, 5.74) is 1.15. The van der Waals surface area contributed by atoms with Crippen molar-refractivity contribution in [3.63, 3.8) is 0 Å². The van der Waals surface area contributed by atoms with Crippen LogP contribution in [0, 0.1) is 0 Å². The number of rotatable bonds is 2. The molecule has 0 bridgehead atoms. The van der Waals surface area contributed by atoms with Crippen molar-refractivity contribution in [3.05, 3.63) is 34.9 Å². The van der Waals surface area contributed by atoms with E-state index in [-0.39, 0.29) is 18.1 Å². The Balaban J connectivity index is 1.95. The predicted molar refractivity (Wildman–Crippen MR) is 62.5 cm³/mol. The molecule has 1 heterocycles. The number of halogens is 1. The molecule has 3 nitrogen and oxygen atoms in total. The fourth-order valence-corrected chi connectivity index (χ4v) is 1.84. The van der Waals surface area contributed by atoms with Crippen LogP contribution in [-0.2, 0) is 16.0 Å². The van der Waals surface area contributed by atoms with Crippen LogP contribution in [-0.4, -0.2) is 24.7 Å². The molecule has 1 aliphatic heterocycles. The lowest BCUT2D eigenvalue weighted by Crippen LogP contribution is -2.50. The van der Waals surface area contributed by atoms with Gasteiger partial charge in [-0.15, -0.1) is 0 Å². The molecule has 1 aliphatic rings. The molecule has 0 aliphatic carbocycles. The van der Waals surface area contributed by atoms with Crippen molar-refractivity contribution in [2.75, 3.05) is 6.61 Å². The summed E-state index contributed by atoms with van der Waals surface area (Å²) in [6, 6.07) is 7.69. The van der Waals surface area contributed by atoms with E-state index < -0.39 is 0 Å². The largest absolute Gasteiger partial charge is 0.367 e. The molecule has 0 aromatic heterocycles. The van der Waals surface area contributed by atoms with E-state index in [1.807, 2.05) is 24.3 Å². The van der Waals surface area contributed by atoms with Gasteiger partial charge in [-0.2, -0.15) is 0 Å². The Hall–Kier alpha value is -1.06. The summed E-state index contributed by atoms with van der Waals surface area (Å²) in [5, 5.41) is 3.66. The predicted octanol–water partition coefficient (Wildman–Crippen LogP) is 1.79. The van der Waals surface area contributed by atoms with Gasteiger partial charge in [-0.1, -0.05) is 23.7 Å². The van der Waals surface area contributed by atoms with Crippen molar-refractivity contribution in [2.24, 2.45) is 0 Å².